The predicted molar refractivity (Wildman–Crippen MR) is 76.6 cm³/mol. The fraction of sp³-hybridized carbons (Fsp3) is 0.769. The summed E-state index contributed by atoms with van der Waals surface area (Å²) in [4.78, 5) is 45.8. The number of hydrogen-bond acceptors (Lipinski definition) is 7. The molecule has 142 valence electrons. The third kappa shape index (κ3) is 4.14. The lowest BCUT2D eigenvalue weighted by atomic mass is 10.0. The van der Waals surface area contributed by atoms with Gasteiger partial charge in [0.25, 0.3) is 5.91 Å². The summed E-state index contributed by atoms with van der Waals surface area (Å²) in [5.41, 5.74) is 7.39. The summed E-state index contributed by atoms with van der Waals surface area (Å²) in [7, 11) is 0. The third-order valence-electron chi connectivity index (χ3n) is 3.74. The maximum absolute atomic E-state index is 13.7. The molecule has 3 amide bonds. The number of carbonyl (C=O) groups is 3. The number of nitrogens with zero attached hydrogens (tertiary/aromatic N) is 2. The maximum atomic E-state index is 13.7. The van der Waals surface area contributed by atoms with Gasteiger partial charge in [0.2, 0.25) is 0 Å². The fourth-order valence-electron chi connectivity index (χ4n) is 2.65. The standard InChI is InChI=1S/C13H20F2N4O6/c1-2-23-11(21)13(14,15)25-19-8-3-4-9(18(7-8)12(19)22)10(20)17-24-6-5-16/h8-9H,2-7,16H2,1H3,(H,17,20)/t8-,9+/m1/s1. The summed E-state index contributed by atoms with van der Waals surface area (Å²) < 4.78 is 31.7. The molecule has 10 nitrogen and oxygen atoms in total. The first-order valence-corrected chi connectivity index (χ1v) is 7.77. The average molecular weight is 366 g/mol. The summed E-state index contributed by atoms with van der Waals surface area (Å²) in [5.74, 6) is -2.47. The number of urea groups is 1. The highest BCUT2D eigenvalue weighted by Crippen LogP contribution is 2.33. The largest absolute Gasteiger partial charge is 0.477 e. The first-order valence-electron chi connectivity index (χ1n) is 7.77. The van der Waals surface area contributed by atoms with E-state index in [2.05, 4.69) is 15.1 Å². The predicted octanol–water partition coefficient (Wildman–Crippen LogP) is -0.651. The number of piperidine rings is 1. The van der Waals surface area contributed by atoms with Crippen LogP contribution in [0.1, 0.15) is 19.8 Å². The van der Waals surface area contributed by atoms with Crippen LogP contribution in [0.15, 0.2) is 0 Å². The molecule has 0 aromatic rings. The highest BCUT2D eigenvalue weighted by Gasteiger charge is 2.54. The zero-order chi connectivity index (χ0) is 18.6. The molecular formula is C13H20F2N4O6. The molecule has 3 N–H and O–H groups in total. The van der Waals surface area contributed by atoms with Crippen LogP contribution < -0.4 is 11.2 Å². The molecule has 2 heterocycles. The maximum Gasteiger partial charge on any atom is 0.477 e. The first-order chi connectivity index (χ1) is 11.8. The quantitative estimate of drug-likeness (QED) is 0.332. The molecule has 0 spiro atoms. The van der Waals surface area contributed by atoms with Gasteiger partial charge in [-0.05, 0) is 19.8 Å². The van der Waals surface area contributed by atoms with Crippen molar-refractivity contribution in [1.29, 1.82) is 0 Å². The van der Waals surface area contributed by atoms with Crippen molar-refractivity contribution in [2.75, 3.05) is 26.3 Å². The van der Waals surface area contributed by atoms with Crippen LogP contribution in [-0.2, 0) is 24.0 Å². The van der Waals surface area contributed by atoms with Gasteiger partial charge in [-0.15, -0.1) is 0 Å². The topological polar surface area (TPSA) is 123 Å². The van der Waals surface area contributed by atoms with Crippen molar-refractivity contribution in [3.05, 3.63) is 0 Å². The van der Waals surface area contributed by atoms with E-state index in [1.165, 1.54) is 6.92 Å². The van der Waals surface area contributed by atoms with Crippen molar-refractivity contribution >= 4 is 17.9 Å². The Morgan fingerprint density at radius 2 is 2.12 bits per heavy atom. The lowest BCUT2D eigenvalue weighted by Crippen LogP contribution is -2.50. The summed E-state index contributed by atoms with van der Waals surface area (Å²) >= 11 is 0. The normalized spacial score (nSPS) is 23.0. The van der Waals surface area contributed by atoms with E-state index in [1.807, 2.05) is 0 Å². The Balaban J connectivity index is 2.01. The van der Waals surface area contributed by atoms with E-state index in [1.54, 1.807) is 0 Å². The number of carbonyl (C=O) groups excluding carboxylic acids is 3. The molecular weight excluding hydrogens is 346 g/mol. The highest BCUT2D eigenvalue weighted by molar-refractivity contribution is 5.88. The van der Waals surface area contributed by atoms with Gasteiger partial charge >= 0.3 is 18.1 Å². The van der Waals surface area contributed by atoms with E-state index in [0.29, 0.717) is 5.06 Å². The molecule has 2 aliphatic heterocycles. The number of nitrogens with one attached hydrogen (secondary N) is 1. The SMILES string of the molecule is CCOC(=O)C(F)(F)ON1C(=O)N2C[C@H]1CC[C@H]2C(=O)NOCCN. The van der Waals surface area contributed by atoms with Gasteiger partial charge in [0, 0.05) is 13.1 Å². The first kappa shape index (κ1) is 19.3. The van der Waals surface area contributed by atoms with Gasteiger partial charge < -0.3 is 15.4 Å². The second kappa shape index (κ2) is 7.89. The summed E-state index contributed by atoms with van der Waals surface area (Å²) in [6, 6.07) is -2.50. The lowest BCUT2D eigenvalue weighted by molar-refractivity contribution is -0.329. The molecule has 2 aliphatic rings. The number of hydrogen-bond donors (Lipinski definition) is 2. The Morgan fingerprint density at radius 3 is 2.76 bits per heavy atom. The van der Waals surface area contributed by atoms with Gasteiger partial charge in [-0.25, -0.2) is 15.1 Å². The van der Waals surface area contributed by atoms with E-state index in [-0.39, 0.29) is 39.1 Å². The number of rotatable bonds is 8. The average Bonchev–Trinajstić information content (AvgIpc) is 2.80. The molecule has 0 unspecified atom stereocenters. The summed E-state index contributed by atoms with van der Waals surface area (Å²) in [5, 5.41) is 0.435. The monoisotopic (exact) mass is 366 g/mol. The molecule has 0 aromatic heterocycles. The number of halogens is 2. The summed E-state index contributed by atoms with van der Waals surface area (Å²) in [6.45, 7) is 1.42. The van der Waals surface area contributed by atoms with E-state index in [9.17, 15) is 23.2 Å². The Labute approximate surface area is 142 Å². The zero-order valence-corrected chi connectivity index (χ0v) is 13.6. The number of alkyl halides is 2. The number of nitrogens with two attached hydrogens (primary N) is 1. The zero-order valence-electron chi connectivity index (χ0n) is 13.6. The molecule has 25 heavy (non-hydrogen) atoms. The van der Waals surface area contributed by atoms with Crippen molar-refractivity contribution in [3.8, 4) is 0 Å². The Morgan fingerprint density at radius 1 is 1.40 bits per heavy atom. The van der Waals surface area contributed by atoms with Gasteiger partial charge in [0.05, 0.1) is 19.3 Å². The van der Waals surface area contributed by atoms with E-state index < -0.39 is 36.1 Å². The van der Waals surface area contributed by atoms with Crippen LogP contribution in [0.2, 0.25) is 0 Å². The van der Waals surface area contributed by atoms with Gasteiger partial charge in [0.15, 0.2) is 0 Å². The fourth-order valence-corrected chi connectivity index (χ4v) is 2.65. The van der Waals surface area contributed by atoms with Crippen molar-refractivity contribution in [2.24, 2.45) is 5.73 Å². The molecule has 2 fully saturated rings. The molecule has 2 bridgehead atoms. The smallest absolute Gasteiger partial charge is 0.460 e. The van der Waals surface area contributed by atoms with Crippen LogP contribution in [0, 0.1) is 0 Å². The Bertz CT molecular complexity index is 535. The molecule has 0 aromatic carbocycles. The van der Waals surface area contributed by atoms with Crippen molar-refractivity contribution in [3.63, 3.8) is 0 Å². The lowest BCUT2D eigenvalue weighted by Gasteiger charge is -2.29. The number of fused-ring (bicyclic) bond motifs is 2. The number of ether oxygens (including phenoxy) is 1. The van der Waals surface area contributed by atoms with Gasteiger partial charge in [0.1, 0.15) is 6.04 Å². The van der Waals surface area contributed by atoms with Crippen LogP contribution in [0.5, 0.6) is 0 Å². The van der Waals surface area contributed by atoms with Gasteiger partial charge in [-0.3, -0.25) is 9.63 Å². The molecule has 0 radical (unpaired) electrons. The van der Waals surface area contributed by atoms with Gasteiger partial charge in [-0.1, -0.05) is 0 Å². The number of esters is 1. The minimum atomic E-state index is -4.30. The molecule has 12 heteroatoms. The van der Waals surface area contributed by atoms with Crippen molar-refractivity contribution in [2.45, 2.75) is 38.0 Å². The molecule has 2 atom stereocenters. The Hall–Kier alpha value is -2.05. The molecule has 0 aliphatic carbocycles. The van der Waals surface area contributed by atoms with Crippen molar-refractivity contribution < 1.29 is 37.6 Å². The van der Waals surface area contributed by atoms with Crippen LogP contribution in [0.3, 0.4) is 0 Å². The van der Waals surface area contributed by atoms with Gasteiger partial charge in [-0.2, -0.15) is 18.7 Å². The van der Waals surface area contributed by atoms with E-state index in [4.69, 9.17) is 10.6 Å². The number of amides is 3. The Kier molecular flexibility index (Phi) is 6.08. The van der Waals surface area contributed by atoms with Crippen LogP contribution in [-0.4, -0.2) is 72.4 Å². The molecule has 2 rings (SSSR count). The second-order valence-corrected chi connectivity index (χ2v) is 5.44. The van der Waals surface area contributed by atoms with E-state index >= 15 is 0 Å². The second-order valence-electron chi connectivity index (χ2n) is 5.44. The summed E-state index contributed by atoms with van der Waals surface area (Å²) in [6.07, 6.45) is -3.82. The van der Waals surface area contributed by atoms with Crippen LogP contribution in [0.25, 0.3) is 0 Å². The van der Waals surface area contributed by atoms with Crippen LogP contribution >= 0.6 is 0 Å². The van der Waals surface area contributed by atoms with E-state index in [0.717, 1.165) is 4.90 Å². The third-order valence-corrected chi connectivity index (χ3v) is 3.74. The van der Waals surface area contributed by atoms with Crippen molar-refractivity contribution in [1.82, 2.24) is 15.4 Å². The molecule has 2 saturated heterocycles. The number of hydroxylamine groups is 3. The minimum absolute atomic E-state index is 0.0205. The van der Waals surface area contributed by atoms with Crippen LogP contribution in [0.4, 0.5) is 13.6 Å². The highest BCUT2D eigenvalue weighted by atomic mass is 19.3. The minimum Gasteiger partial charge on any atom is -0.460 e. The molecule has 0 saturated carbocycles.